The van der Waals surface area contributed by atoms with Crippen molar-refractivity contribution < 1.29 is 33.8 Å². The first-order valence-electron chi connectivity index (χ1n) is 7.54. The molecule has 0 amide bonds. The lowest BCUT2D eigenvalue weighted by Crippen LogP contribution is -2.19. The molecular formula is C15H19NO8. The van der Waals surface area contributed by atoms with Gasteiger partial charge in [0.15, 0.2) is 11.5 Å². The van der Waals surface area contributed by atoms with Gasteiger partial charge in [-0.2, -0.15) is 0 Å². The zero-order valence-electron chi connectivity index (χ0n) is 13.2. The molecule has 1 heterocycles. The summed E-state index contributed by atoms with van der Waals surface area (Å²) in [6, 6.07) is 2.42. The predicted molar refractivity (Wildman–Crippen MR) is 81.2 cm³/mol. The number of esters is 1. The maximum atomic E-state index is 11.9. The first-order chi connectivity index (χ1) is 11.6. The van der Waals surface area contributed by atoms with E-state index >= 15 is 0 Å². The Labute approximate surface area is 138 Å². The van der Waals surface area contributed by atoms with E-state index in [0.717, 1.165) is 6.07 Å². The number of aliphatic hydroxyl groups is 1. The first-order valence-corrected chi connectivity index (χ1v) is 7.54. The van der Waals surface area contributed by atoms with Crippen LogP contribution in [0.5, 0.6) is 11.5 Å². The van der Waals surface area contributed by atoms with E-state index in [1.54, 1.807) is 6.92 Å². The highest BCUT2D eigenvalue weighted by atomic mass is 16.6. The van der Waals surface area contributed by atoms with Crippen molar-refractivity contribution in [1.29, 1.82) is 0 Å². The second kappa shape index (κ2) is 8.46. The Balaban J connectivity index is 2.32. The number of nitro groups is 1. The molecule has 0 saturated heterocycles. The lowest BCUT2D eigenvalue weighted by molar-refractivity contribution is -0.385. The first kappa shape index (κ1) is 18.0. The largest absolute Gasteiger partial charge is 0.490 e. The van der Waals surface area contributed by atoms with Gasteiger partial charge >= 0.3 is 5.97 Å². The number of carbonyl (C=O) groups excluding carboxylic acids is 1. The molecule has 0 radical (unpaired) electrons. The Kier molecular flexibility index (Phi) is 6.33. The lowest BCUT2D eigenvalue weighted by Gasteiger charge is -2.14. The molecule has 1 N–H and O–H groups in total. The smallest absolute Gasteiger partial charge is 0.345 e. The van der Waals surface area contributed by atoms with Crippen LogP contribution in [0.1, 0.15) is 30.1 Å². The van der Waals surface area contributed by atoms with E-state index in [9.17, 15) is 14.9 Å². The molecule has 1 aliphatic rings. The maximum Gasteiger partial charge on any atom is 0.345 e. The minimum absolute atomic E-state index is 0.102. The van der Waals surface area contributed by atoms with Crippen LogP contribution in [0.15, 0.2) is 12.1 Å². The number of carbonyl (C=O) groups is 1. The van der Waals surface area contributed by atoms with Crippen LogP contribution in [0.3, 0.4) is 0 Å². The number of nitrogens with zero attached hydrogens (tertiary/aromatic N) is 1. The summed E-state index contributed by atoms with van der Waals surface area (Å²) in [6.07, 6.45) is 0.759. The number of benzene rings is 1. The molecule has 1 unspecified atom stereocenters. The summed E-state index contributed by atoms with van der Waals surface area (Å²) >= 11 is 0. The van der Waals surface area contributed by atoms with Gasteiger partial charge in [0.1, 0.15) is 12.4 Å². The predicted octanol–water partition coefficient (Wildman–Crippen LogP) is 1.66. The van der Waals surface area contributed by atoms with Gasteiger partial charge < -0.3 is 24.1 Å². The van der Waals surface area contributed by atoms with E-state index in [1.165, 1.54) is 6.07 Å². The third-order valence-corrected chi connectivity index (χ3v) is 3.46. The summed E-state index contributed by atoms with van der Waals surface area (Å²) in [4.78, 5) is 22.5. The van der Waals surface area contributed by atoms with Gasteiger partial charge in [-0.15, -0.1) is 0 Å². The molecule has 9 nitrogen and oxygen atoms in total. The Morgan fingerprint density at radius 3 is 2.50 bits per heavy atom. The van der Waals surface area contributed by atoms with E-state index < -0.39 is 23.4 Å². The molecular weight excluding hydrogens is 322 g/mol. The lowest BCUT2D eigenvalue weighted by atomic mass is 10.1. The van der Waals surface area contributed by atoms with Crippen molar-refractivity contribution in [1.82, 2.24) is 0 Å². The quantitative estimate of drug-likeness (QED) is 0.372. The van der Waals surface area contributed by atoms with Gasteiger partial charge in [-0.3, -0.25) is 10.1 Å². The fraction of sp³-hybridized carbons (Fsp3) is 0.533. The normalized spacial score (nSPS) is 17.3. The third kappa shape index (κ3) is 4.33. The highest BCUT2D eigenvalue weighted by Gasteiger charge is 2.27. The van der Waals surface area contributed by atoms with Gasteiger partial charge in [-0.25, -0.2) is 4.79 Å². The Morgan fingerprint density at radius 1 is 1.33 bits per heavy atom. The van der Waals surface area contributed by atoms with Crippen molar-refractivity contribution in [2.75, 3.05) is 26.6 Å². The number of ether oxygens (including phenoxy) is 4. The summed E-state index contributed by atoms with van der Waals surface area (Å²) in [7, 11) is 0. The summed E-state index contributed by atoms with van der Waals surface area (Å²) in [5, 5.41) is 20.1. The Morgan fingerprint density at radius 2 is 1.96 bits per heavy atom. The van der Waals surface area contributed by atoms with Crippen LogP contribution < -0.4 is 9.47 Å². The number of hydrogen-bond acceptors (Lipinski definition) is 8. The van der Waals surface area contributed by atoms with Crippen LogP contribution in [0.2, 0.25) is 0 Å². The number of fused-ring (bicyclic) bond motifs is 1. The van der Waals surface area contributed by atoms with Crippen LogP contribution in [0, 0.1) is 10.1 Å². The zero-order valence-corrected chi connectivity index (χ0v) is 13.2. The molecule has 132 valence electrons. The maximum absolute atomic E-state index is 11.9. The summed E-state index contributed by atoms with van der Waals surface area (Å²) < 4.78 is 21.1. The molecule has 0 saturated carbocycles. The molecule has 0 fully saturated rings. The minimum Gasteiger partial charge on any atom is -0.490 e. The van der Waals surface area contributed by atoms with Crippen molar-refractivity contribution in [2.24, 2.45) is 0 Å². The van der Waals surface area contributed by atoms with E-state index in [-0.39, 0.29) is 43.0 Å². The zero-order chi connectivity index (χ0) is 17.5. The molecule has 0 bridgehead atoms. The van der Waals surface area contributed by atoms with E-state index in [2.05, 4.69) is 0 Å². The second-order valence-electron chi connectivity index (χ2n) is 4.99. The molecule has 24 heavy (non-hydrogen) atoms. The van der Waals surface area contributed by atoms with Gasteiger partial charge in [-0.05, 0) is 6.92 Å². The average molecular weight is 341 g/mol. The fourth-order valence-corrected chi connectivity index (χ4v) is 2.32. The van der Waals surface area contributed by atoms with Gasteiger partial charge in [0.25, 0.3) is 5.69 Å². The molecule has 1 atom stereocenters. The Bertz CT molecular complexity index is 603. The number of rotatable bonds is 5. The molecule has 1 aromatic rings. The van der Waals surface area contributed by atoms with Gasteiger partial charge in [0.05, 0.1) is 36.9 Å². The second-order valence-corrected chi connectivity index (χ2v) is 4.99. The highest BCUT2D eigenvalue weighted by Crippen LogP contribution is 2.36. The number of nitro benzene ring substituents is 1. The van der Waals surface area contributed by atoms with Gasteiger partial charge in [-0.1, -0.05) is 0 Å². The molecule has 2 rings (SSSR count). The van der Waals surface area contributed by atoms with E-state index in [0.29, 0.717) is 12.8 Å². The van der Waals surface area contributed by atoms with Crippen molar-refractivity contribution >= 4 is 11.7 Å². The number of hydrogen-bond donors (Lipinski definition) is 1. The van der Waals surface area contributed by atoms with Crippen molar-refractivity contribution in [3.05, 3.63) is 27.8 Å². The van der Waals surface area contributed by atoms with Crippen LogP contribution >= 0.6 is 0 Å². The van der Waals surface area contributed by atoms with E-state index in [4.69, 9.17) is 24.1 Å². The topological polar surface area (TPSA) is 117 Å². The summed E-state index contributed by atoms with van der Waals surface area (Å²) in [6.45, 7) is 1.79. The highest BCUT2D eigenvalue weighted by molar-refractivity contribution is 5.95. The molecule has 0 aliphatic carbocycles. The van der Waals surface area contributed by atoms with Crippen LogP contribution in [-0.2, 0) is 9.47 Å². The number of aliphatic hydroxyl groups excluding tert-OH is 1. The Hall–Kier alpha value is -2.39. The van der Waals surface area contributed by atoms with Gasteiger partial charge in [0, 0.05) is 18.9 Å². The van der Waals surface area contributed by atoms with Gasteiger partial charge in [0.2, 0.25) is 0 Å². The average Bonchev–Trinajstić information content (AvgIpc) is 2.64. The third-order valence-electron chi connectivity index (χ3n) is 3.46. The van der Waals surface area contributed by atoms with Crippen molar-refractivity contribution in [2.45, 2.75) is 25.9 Å². The van der Waals surface area contributed by atoms with Crippen molar-refractivity contribution in [3.8, 4) is 11.5 Å². The summed E-state index contributed by atoms with van der Waals surface area (Å²) in [5.41, 5.74) is -0.593. The van der Waals surface area contributed by atoms with Crippen LogP contribution in [0.4, 0.5) is 5.69 Å². The standard InChI is InChI=1S/C15H19NO8/c1-2-21-15(18)11-7-13-14(8-12(11)16(19)20)23-6-4-10(24-9-17)3-5-22-13/h7-8,10,17H,2-6,9H2,1H3. The SMILES string of the molecule is CCOC(=O)c1cc2c(cc1[N+](=O)[O-])OCCC(OCO)CCO2. The molecule has 1 aromatic carbocycles. The molecule has 9 heteroatoms. The minimum atomic E-state index is -0.794. The fourth-order valence-electron chi connectivity index (χ4n) is 2.32. The summed E-state index contributed by atoms with van der Waals surface area (Å²) in [5.74, 6) is -0.385. The molecule has 1 aliphatic heterocycles. The van der Waals surface area contributed by atoms with Crippen molar-refractivity contribution in [3.63, 3.8) is 0 Å². The molecule has 0 aromatic heterocycles. The van der Waals surface area contributed by atoms with E-state index in [1.807, 2.05) is 0 Å². The molecule has 0 spiro atoms. The van der Waals surface area contributed by atoms with Crippen LogP contribution in [-0.4, -0.2) is 48.7 Å². The monoisotopic (exact) mass is 341 g/mol. The van der Waals surface area contributed by atoms with Crippen LogP contribution in [0.25, 0.3) is 0 Å².